The Labute approximate surface area is 120 Å². The molecule has 0 radical (unpaired) electrons. The molecule has 2 atom stereocenters. The Kier molecular flexibility index (Phi) is 5.37. The van der Waals surface area contributed by atoms with E-state index >= 15 is 0 Å². The summed E-state index contributed by atoms with van der Waals surface area (Å²) in [6.45, 7) is 3.07. The summed E-state index contributed by atoms with van der Waals surface area (Å²) < 4.78 is 10.2. The number of hydrogen-bond donors (Lipinski definition) is 0. The molecule has 0 spiro atoms. The van der Waals surface area contributed by atoms with Gasteiger partial charge in [0.1, 0.15) is 6.04 Å². The number of amides is 1. The van der Waals surface area contributed by atoms with Crippen LogP contribution in [0.4, 0.5) is 0 Å². The predicted octanol–water partition coefficient (Wildman–Crippen LogP) is 0.261. The van der Waals surface area contributed by atoms with Crippen molar-refractivity contribution in [2.45, 2.75) is 37.8 Å². The molecule has 2 fully saturated rings. The van der Waals surface area contributed by atoms with Crippen molar-refractivity contribution >= 4 is 11.9 Å². The van der Waals surface area contributed by atoms with E-state index in [4.69, 9.17) is 9.47 Å². The molecular weight excluding hydrogens is 260 g/mol. The molecule has 0 bridgehead atoms. The zero-order valence-electron chi connectivity index (χ0n) is 12.3. The van der Waals surface area contributed by atoms with E-state index in [2.05, 4.69) is 4.90 Å². The van der Waals surface area contributed by atoms with E-state index in [9.17, 15) is 9.59 Å². The lowest BCUT2D eigenvalue weighted by Gasteiger charge is -2.37. The van der Waals surface area contributed by atoms with Gasteiger partial charge in [-0.2, -0.15) is 0 Å². The molecule has 0 saturated carbocycles. The molecule has 114 valence electrons. The Balaban J connectivity index is 1.90. The van der Waals surface area contributed by atoms with Crippen LogP contribution in [0.1, 0.15) is 25.7 Å². The van der Waals surface area contributed by atoms with Gasteiger partial charge in [-0.3, -0.25) is 14.5 Å². The first-order valence-electron chi connectivity index (χ1n) is 7.28. The Morgan fingerprint density at radius 2 is 2.10 bits per heavy atom. The van der Waals surface area contributed by atoms with Gasteiger partial charge in [0.2, 0.25) is 5.91 Å². The third kappa shape index (κ3) is 3.49. The van der Waals surface area contributed by atoms with Crippen LogP contribution in [0.5, 0.6) is 0 Å². The van der Waals surface area contributed by atoms with Gasteiger partial charge in [-0.1, -0.05) is 0 Å². The fourth-order valence-electron chi connectivity index (χ4n) is 3.03. The highest BCUT2D eigenvalue weighted by Crippen LogP contribution is 2.21. The molecule has 2 rings (SSSR count). The number of esters is 1. The summed E-state index contributed by atoms with van der Waals surface area (Å²) in [5, 5.41) is 0. The second-order valence-corrected chi connectivity index (χ2v) is 5.44. The first-order valence-corrected chi connectivity index (χ1v) is 7.28. The summed E-state index contributed by atoms with van der Waals surface area (Å²) in [5.41, 5.74) is 0. The van der Waals surface area contributed by atoms with E-state index < -0.39 is 0 Å². The van der Waals surface area contributed by atoms with Gasteiger partial charge < -0.3 is 14.4 Å². The van der Waals surface area contributed by atoms with Crippen molar-refractivity contribution in [2.75, 3.05) is 40.4 Å². The normalized spacial score (nSPS) is 27.9. The van der Waals surface area contributed by atoms with E-state index in [1.165, 1.54) is 7.11 Å². The van der Waals surface area contributed by atoms with Crippen LogP contribution in [-0.4, -0.2) is 74.2 Å². The van der Waals surface area contributed by atoms with Crippen LogP contribution >= 0.6 is 0 Å². The Morgan fingerprint density at radius 3 is 2.70 bits per heavy atom. The van der Waals surface area contributed by atoms with Crippen molar-refractivity contribution in [3.63, 3.8) is 0 Å². The number of hydrogen-bond acceptors (Lipinski definition) is 5. The molecule has 6 heteroatoms. The molecule has 20 heavy (non-hydrogen) atoms. The molecule has 0 aromatic heterocycles. The molecule has 2 saturated heterocycles. The molecular formula is C14H24N2O4. The molecule has 1 amide bonds. The van der Waals surface area contributed by atoms with Crippen LogP contribution < -0.4 is 0 Å². The van der Waals surface area contributed by atoms with Crippen LogP contribution in [0.3, 0.4) is 0 Å². The minimum atomic E-state index is -0.253. The number of likely N-dealkylation sites (tertiary alicyclic amines) is 2. The first kappa shape index (κ1) is 15.3. The van der Waals surface area contributed by atoms with E-state index in [1.807, 2.05) is 4.90 Å². The van der Waals surface area contributed by atoms with Gasteiger partial charge in [-0.05, 0) is 19.3 Å². The summed E-state index contributed by atoms with van der Waals surface area (Å²) in [7, 11) is 3.10. The van der Waals surface area contributed by atoms with Gasteiger partial charge >= 0.3 is 5.97 Å². The maximum absolute atomic E-state index is 11.9. The van der Waals surface area contributed by atoms with E-state index in [-0.39, 0.29) is 24.0 Å². The number of rotatable bonds is 5. The lowest BCUT2D eigenvalue weighted by molar-refractivity contribution is -0.150. The molecule has 0 aliphatic carbocycles. The number of nitrogens with zero attached hydrogens (tertiary/aromatic N) is 2. The third-order valence-corrected chi connectivity index (χ3v) is 4.30. The number of piperidine rings is 1. The summed E-state index contributed by atoms with van der Waals surface area (Å²) in [5.74, 6) is 0.0193. The zero-order valence-corrected chi connectivity index (χ0v) is 12.3. The van der Waals surface area contributed by atoms with Gasteiger partial charge in [0, 0.05) is 39.7 Å². The Morgan fingerprint density at radius 1 is 1.30 bits per heavy atom. The van der Waals surface area contributed by atoms with Crippen molar-refractivity contribution in [1.29, 1.82) is 0 Å². The summed E-state index contributed by atoms with van der Waals surface area (Å²) >= 11 is 0. The fourth-order valence-corrected chi connectivity index (χ4v) is 3.03. The van der Waals surface area contributed by atoms with Crippen LogP contribution in [-0.2, 0) is 19.1 Å². The van der Waals surface area contributed by atoms with Crippen LogP contribution in [0, 0.1) is 0 Å². The van der Waals surface area contributed by atoms with Crippen molar-refractivity contribution in [2.24, 2.45) is 0 Å². The molecule has 2 unspecified atom stereocenters. The Bertz CT molecular complexity index is 361. The lowest BCUT2D eigenvalue weighted by atomic mass is 9.99. The number of ether oxygens (including phenoxy) is 2. The van der Waals surface area contributed by atoms with Gasteiger partial charge in [0.05, 0.1) is 13.2 Å². The minimum absolute atomic E-state index is 0.115. The fraction of sp³-hybridized carbons (Fsp3) is 0.857. The van der Waals surface area contributed by atoms with Crippen molar-refractivity contribution < 1.29 is 19.1 Å². The quantitative estimate of drug-likeness (QED) is 0.678. The van der Waals surface area contributed by atoms with Crippen LogP contribution in [0.15, 0.2) is 0 Å². The summed E-state index contributed by atoms with van der Waals surface area (Å²) in [4.78, 5) is 27.5. The second kappa shape index (κ2) is 7.04. The average Bonchev–Trinajstić information content (AvgIpc) is 2.89. The standard InChI is InChI=1S/C14H24N2O4/c1-19-11-5-7-15(12(10-11)14(18)20-2)8-9-16-6-3-4-13(16)17/h11-12H,3-10H2,1-2H3. The molecule has 0 aromatic rings. The smallest absolute Gasteiger partial charge is 0.323 e. The van der Waals surface area contributed by atoms with E-state index in [0.717, 1.165) is 32.5 Å². The average molecular weight is 284 g/mol. The van der Waals surface area contributed by atoms with Gasteiger partial charge in [-0.25, -0.2) is 0 Å². The van der Waals surface area contributed by atoms with Crippen molar-refractivity contribution in [3.05, 3.63) is 0 Å². The molecule has 2 aliphatic heterocycles. The minimum Gasteiger partial charge on any atom is -0.468 e. The van der Waals surface area contributed by atoms with Crippen molar-refractivity contribution in [1.82, 2.24) is 9.80 Å². The van der Waals surface area contributed by atoms with E-state index in [1.54, 1.807) is 7.11 Å². The lowest BCUT2D eigenvalue weighted by Crippen LogP contribution is -2.51. The zero-order chi connectivity index (χ0) is 14.5. The number of carbonyl (C=O) groups excluding carboxylic acids is 2. The van der Waals surface area contributed by atoms with Gasteiger partial charge in [0.15, 0.2) is 0 Å². The predicted molar refractivity (Wildman–Crippen MR) is 73.2 cm³/mol. The second-order valence-electron chi connectivity index (χ2n) is 5.44. The van der Waals surface area contributed by atoms with Gasteiger partial charge in [-0.15, -0.1) is 0 Å². The molecule has 2 heterocycles. The molecule has 0 aromatic carbocycles. The van der Waals surface area contributed by atoms with E-state index in [0.29, 0.717) is 19.4 Å². The number of carbonyl (C=O) groups is 2. The highest BCUT2D eigenvalue weighted by Gasteiger charge is 2.34. The van der Waals surface area contributed by atoms with Crippen LogP contribution in [0.2, 0.25) is 0 Å². The van der Waals surface area contributed by atoms with Gasteiger partial charge in [0.25, 0.3) is 0 Å². The largest absolute Gasteiger partial charge is 0.468 e. The highest BCUT2D eigenvalue weighted by molar-refractivity contribution is 5.78. The van der Waals surface area contributed by atoms with Crippen molar-refractivity contribution in [3.8, 4) is 0 Å². The summed E-state index contributed by atoms with van der Waals surface area (Å²) in [6.07, 6.45) is 3.30. The maximum Gasteiger partial charge on any atom is 0.323 e. The first-order chi connectivity index (χ1) is 9.65. The summed E-state index contributed by atoms with van der Waals surface area (Å²) in [6, 6.07) is -0.253. The monoisotopic (exact) mass is 284 g/mol. The topological polar surface area (TPSA) is 59.1 Å². The third-order valence-electron chi connectivity index (χ3n) is 4.30. The molecule has 0 N–H and O–H groups in total. The highest BCUT2D eigenvalue weighted by atomic mass is 16.5. The van der Waals surface area contributed by atoms with Crippen LogP contribution in [0.25, 0.3) is 0 Å². The number of methoxy groups -OCH3 is 2. The molecule has 2 aliphatic rings. The Hall–Kier alpha value is -1.14. The maximum atomic E-state index is 11.9. The molecule has 6 nitrogen and oxygen atoms in total. The SMILES string of the molecule is COC(=O)C1CC(OC)CCN1CCN1CCCC1=O.